The van der Waals surface area contributed by atoms with Crippen LogP contribution >= 0.6 is 23.7 Å². The Hall–Kier alpha value is -1.46. The topological polar surface area (TPSA) is 43.1 Å². The van der Waals surface area contributed by atoms with Gasteiger partial charge in [0.1, 0.15) is 5.01 Å². The average molecular weight is 309 g/mol. The predicted octanol–water partition coefficient (Wildman–Crippen LogP) is 3.50. The van der Waals surface area contributed by atoms with Gasteiger partial charge in [0.2, 0.25) is 4.96 Å². The zero-order valence-electron chi connectivity index (χ0n) is 11.7. The van der Waals surface area contributed by atoms with Gasteiger partial charge in [-0.1, -0.05) is 62.4 Å². The molecule has 0 N–H and O–H groups in total. The molecule has 0 saturated heterocycles. The third-order valence-electron chi connectivity index (χ3n) is 2.90. The second kappa shape index (κ2) is 5.50. The summed E-state index contributed by atoms with van der Waals surface area (Å²) in [5, 5.41) is 14.2. The van der Waals surface area contributed by atoms with E-state index in [0.717, 1.165) is 22.2 Å². The lowest BCUT2D eigenvalue weighted by Gasteiger charge is -2.13. The smallest absolute Gasteiger partial charge is 0.187 e. The zero-order chi connectivity index (χ0) is 13.5. The summed E-state index contributed by atoms with van der Waals surface area (Å²) in [5.74, 6) is 0.915. The molecule has 0 aliphatic carbocycles. The number of hydrogen-bond donors (Lipinski definition) is 0. The molecule has 3 aromatic rings. The van der Waals surface area contributed by atoms with Crippen LogP contribution in [0.15, 0.2) is 30.3 Å². The molecule has 0 aliphatic rings. The molecule has 4 nitrogen and oxygen atoms in total. The molecule has 0 radical (unpaired) electrons. The first kappa shape index (κ1) is 14.9. The summed E-state index contributed by atoms with van der Waals surface area (Å²) in [6, 6.07) is 10.4. The second-order valence-electron chi connectivity index (χ2n) is 5.63. The van der Waals surface area contributed by atoms with E-state index in [4.69, 9.17) is 0 Å². The van der Waals surface area contributed by atoms with Crippen LogP contribution in [0.5, 0.6) is 0 Å². The van der Waals surface area contributed by atoms with Crippen LogP contribution in [-0.4, -0.2) is 19.8 Å². The molecule has 0 saturated carbocycles. The van der Waals surface area contributed by atoms with E-state index in [1.807, 2.05) is 10.6 Å². The maximum atomic E-state index is 4.64. The van der Waals surface area contributed by atoms with Crippen molar-refractivity contribution in [3.63, 3.8) is 0 Å². The minimum Gasteiger partial charge on any atom is -0.187 e. The molecule has 0 spiro atoms. The molecular weight excluding hydrogens is 292 g/mol. The van der Waals surface area contributed by atoms with Crippen molar-refractivity contribution >= 4 is 28.7 Å². The van der Waals surface area contributed by atoms with Crippen molar-refractivity contribution in [2.45, 2.75) is 32.6 Å². The Morgan fingerprint density at radius 2 is 1.80 bits per heavy atom. The first-order valence-corrected chi connectivity index (χ1v) is 7.11. The number of nitrogens with zero attached hydrogens (tertiary/aromatic N) is 4. The molecule has 0 unspecified atom stereocenters. The Morgan fingerprint density at radius 3 is 2.45 bits per heavy atom. The van der Waals surface area contributed by atoms with Crippen LogP contribution in [-0.2, 0) is 11.8 Å². The van der Waals surface area contributed by atoms with Crippen molar-refractivity contribution in [1.29, 1.82) is 0 Å². The van der Waals surface area contributed by atoms with Crippen molar-refractivity contribution in [3.8, 4) is 0 Å². The second-order valence-corrected chi connectivity index (χ2v) is 6.67. The van der Waals surface area contributed by atoms with E-state index >= 15 is 0 Å². The van der Waals surface area contributed by atoms with Crippen LogP contribution in [0.2, 0.25) is 0 Å². The largest absolute Gasteiger partial charge is 0.234 e. The molecule has 1 aromatic carbocycles. The highest BCUT2D eigenvalue weighted by Gasteiger charge is 2.23. The van der Waals surface area contributed by atoms with E-state index in [0.29, 0.717) is 0 Å². The summed E-state index contributed by atoms with van der Waals surface area (Å²) in [7, 11) is 0. The fourth-order valence-corrected chi connectivity index (χ4v) is 2.83. The average Bonchev–Trinajstić information content (AvgIpc) is 2.88. The molecule has 0 amide bonds. The number of benzene rings is 1. The summed E-state index contributed by atoms with van der Waals surface area (Å²) in [5.41, 5.74) is 1.22. The molecule has 6 heteroatoms. The fraction of sp³-hybridized carbons (Fsp3) is 0.357. The lowest BCUT2D eigenvalue weighted by Crippen LogP contribution is -2.16. The molecular formula is C14H17ClN4S. The third-order valence-corrected chi connectivity index (χ3v) is 3.80. The number of aromatic nitrogens is 4. The number of halogens is 1. The predicted molar refractivity (Wildman–Crippen MR) is 83.9 cm³/mol. The van der Waals surface area contributed by atoms with Gasteiger partial charge in [0.05, 0.1) is 0 Å². The highest BCUT2D eigenvalue weighted by molar-refractivity contribution is 7.16. The minimum absolute atomic E-state index is 0. The fourth-order valence-electron chi connectivity index (χ4n) is 1.97. The van der Waals surface area contributed by atoms with Crippen LogP contribution < -0.4 is 0 Å². The van der Waals surface area contributed by atoms with Crippen molar-refractivity contribution in [1.82, 2.24) is 19.8 Å². The van der Waals surface area contributed by atoms with E-state index in [2.05, 4.69) is 60.3 Å². The molecule has 0 atom stereocenters. The Kier molecular flexibility index (Phi) is 4.11. The molecule has 2 heterocycles. The minimum atomic E-state index is -0.0441. The molecule has 106 valence electrons. The first-order chi connectivity index (χ1) is 9.04. The van der Waals surface area contributed by atoms with Gasteiger partial charge < -0.3 is 0 Å². The van der Waals surface area contributed by atoms with E-state index in [-0.39, 0.29) is 17.8 Å². The van der Waals surface area contributed by atoms with Crippen LogP contribution in [0.4, 0.5) is 0 Å². The summed E-state index contributed by atoms with van der Waals surface area (Å²) < 4.78 is 1.88. The van der Waals surface area contributed by atoms with Crippen molar-refractivity contribution in [2.24, 2.45) is 0 Å². The summed E-state index contributed by atoms with van der Waals surface area (Å²) >= 11 is 1.61. The van der Waals surface area contributed by atoms with Gasteiger partial charge in [0.15, 0.2) is 5.82 Å². The lowest BCUT2D eigenvalue weighted by atomic mass is 9.96. The highest BCUT2D eigenvalue weighted by atomic mass is 35.5. The van der Waals surface area contributed by atoms with Crippen LogP contribution in [0.1, 0.15) is 37.2 Å². The summed E-state index contributed by atoms with van der Waals surface area (Å²) in [4.78, 5) is 0.871. The molecule has 0 bridgehead atoms. The summed E-state index contributed by atoms with van der Waals surface area (Å²) in [6.45, 7) is 6.37. The van der Waals surface area contributed by atoms with Crippen LogP contribution in [0.3, 0.4) is 0 Å². The quantitative estimate of drug-likeness (QED) is 0.728. The molecule has 2 aromatic heterocycles. The van der Waals surface area contributed by atoms with Gasteiger partial charge in [-0.15, -0.1) is 22.6 Å². The first-order valence-electron chi connectivity index (χ1n) is 6.29. The third kappa shape index (κ3) is 2.83. The van der Waals surface area contributed by atoms with Gasteiger partial charge in [0.25, 0.3) is 0 Å². The Morgan fingerprint density at radius 1 is 1.10 bits per heavy atom. The van der Waals surface area contributed by atoms with Gasteiger partial charge in [-0.2, -0.15) is 9.61 Å². The molecule has 20 heavy (non-hydrogen) atoms. The maximum absolute atomic E-state index is 4.64. The normalized spacial score (nSPS) is 11.6. The number of fused-ring (bicyclic) bond motifs is 1. The van der Waals surface area contributed by atoms with Crippen molar-refractivity contribution < 1.29 is 0 Å². The SMILES string of the molecule is CC(C)(C)c1nnc2sc(Cc3ccccc3)nn12.Cl. The number of rotatable bonds is 2. The van der Waals surface area contributed by atoms with Gasteiger partial charge in [-0.3, -0.25) is 0 Å². The van der Waals surface area contributed by atoms with Crippen LogP contribution in [0, 0.1) is 0 Å². The van der Waals surface area contributed by atoms with E-state index in [9.17, 15) is 0 Å². The van der Waals surface area contributed by atoms with E-state index < -0.39 is 0 Å². The zero-order valence-corrected chi connectivity index (χ0v) is 13.3. The van der Waals surface area contributed by atoms with Gasteiger partial charge in [-0.05, 0) is 5.56 Å². The van der Waals surface area contributed by atoms with Crippen LogP contribution in [0.25, 0.3) is 4.96 Å². The van der Waals surface area contributed by atoms with Crippen molar-refractivity contribution in [3.05, 3.63) is 46.7 Å². The molecule has 3 rings (SSSR count). The van der Waals surface area contributed by atoms with E-state index in [1.165, 1.54) is 5.56 Å². The molecule has 0 fully saturated rings. The Labute approximate surface area is 128 Å². The monoisotopic (exact) mass is 308 g/mol. The standard InChI is InChI=1S/C14H16N4S.ClH/c1-14(2,3)12-15-16-13-18(12)17-11(19-13)9-10-7-5-4-6-8-10;/h4-8H,9H2,1-3H3;1H. The maximum Gasteiger partial charge on any atom is 0.234 e. The Balaban J connectivity index is 0.00000147. The number of hydrogen-bond acceptors (Lipinski definition) is 4. The van der Waals surface area contributed by atoms with Gasteiger partial charge in [0, 0.05) is 11.8 Å². The van der Waals surface area contributed by atoms with Gasteiger partial charge >= 0.3 is 0 Å². The molecule has 0 aliphatic heterocycles. The Bertz CT molecular complexity index is 697. The van der Waals surface area contributed by atoms with Gasteiger partial charge in [-0.25, -0.2) is 0 Å². The highest BCUT2D eigenvalue weighted by Crippen LogP contribution is 2.24. The lowest BCUT2D eigenvalue weighted by molar-refractivity contribution is 0.527. The van der Waals surface area contributed by atoms with E-state index in [1.54, 1.807) is 11.3 Å². The van der Waals surface area contributed by atoms with Crippen molar-refractivity contribution in [2.75, 3.05) is 0 Å². The summed E-state index contributed by atoms with van der Waals surface area (Å²) in [6.07, 6.45) is 0.846.